The van der Waals surface area contributed by atoms with Crippen LogP contribution in [0.15, 0.2) is 23.1 Å². The van der Waals surface area contributed by atoms with Crippen molar-refractivity contribution >= 4 is 15.7 Å². The van der Waals surface area contributed by atoms with Crippen molar-refractivity contribution in [2.75, 3.05) is 19.4 Å². The molecule has 0 heterocycles. The van der Waals surface area contributed by atoms with E-state index in [0.29, 0.717) is 5.69 Å². The first-order chi connectivity index (χ1) is 7.80. The van der Waals surface area contributed by atoms with Crippen LogP contribution in [-0.4, -0.2) is 37.5 Å². The van der Waals surface area contributed by atoms with E-state index in [1.165, 1.54) is 19.2 Å². The average molecular weight is 258 g/mol. The molecule has 1 unspecified atom stereocenters. The van der Waals surface area contributed by atoms with Gasteiger partial charge in [-0.15, -0.1) is 0 Å². The molecular formula is C11H18N2O3S. The molecule has 0 saturated carbocycles. The zero-order chi connectivity index (χ0) is 13.2. The van der Waals surface area contributed by atoms with Gasteiger partial charge in [0.2, 0.25) is 10.0 Å². The Balaban J connectivity index is 3.17. The fourth-order valence-corrected chi connectivity index (χ4v) is 2.69. The van der Waals surface area contributed by atoms with Crippen molar-refractivity contribution in [3.63, 3.8) is 0 Å². The number of anilines is 1. The van der Waals surface area contributed by atoms with Crippen LogP contribution in [0.4, 0.5) is 5.69 Å². The molecule has 0 aliphatic heterocycles. The van der Waals surface area contributed by atoms with Crippen molar-refractivity contribution in [1.29, 1.82) is 0 Å². The monoisotopic (exact) mass is 258 g/mol. The van der Waals surface area contributed by atoms with Crippen molar-refractivity contribution in [2.45, 2.75) is 24.8 Å². The van der Waals surface area contributed by atoms with Crippen LogP contribution in [0.2, 0.25) is 0 Å². The molecule has 1 rings (SSSR count). The molecule has 1 aromatic rings. The molecule has 0 radical (unpaired) electrons. The summed E-state index contributed by atoms with van der Waals surface area (Å²) >= 11 is 0. The normalized spacial score (nSPS) is 13.9. The molecule has 0 spiro atoms. The Kier molecular flexibility index (Phi) is 4.13. The second-order valence-electron chi connectivity index (χ2n) is 4.07. The molecule has 3 N–H and O–H groups in total. The van der Waals surface area contributed by atoms with Gasteiger partial charge in [-0.1, -0.05) is 6.07 Å². The minimum Gasteiger partial charge on any atom is -0.398 e. The molecule has 0 fully saturated rings. The Bertz CT molecular complexity index is 499. The third-order valence-electron chi connectivity index (χ3n) is 2.81. The van der Waals surface area contributed by atoms with E-state index in [0.717, 1.165) is 9.87 Å². The lowest BCUT2D eigenvalue weighted by Gasteiger charge is -2.22. The van der Waals surface area contributed by atoms with Gasteiger partial charge in [-0.05, 0) is 31.5 Å². The predicted molar refractivity (Wildman–Crippen MR) is 67.1 cm³/mol. The molecule has 0 aliphatic rings. The number of hydrogen-bond donors (Lipinski definition) is 2. The van der Waals surface area contributed by atoms with Gasteiger partial charge in [-0.25, -0.2) is 8.42 Å². The largest absolute Gasteiger partial charge is 0.398 e. The van der Waals surface area contributed by atoms with E-state index >= 15 is 0 Å². The van der Waals surface area contributed by atoms with Crippen molar-refractivity contribution in [3.8, 4) is 0 Å². The molecule has 1 atom stereocenters. The van der Waals surface area contributed by atoms with Crippen LogP contribution in [0.5, 0.6) is 0 Å². The first-order valence-electron chi connectivity index (χ1n) is 5.25. The summed E-state index contributed by atoms with van der Waals surface area (Å²) in [6.07, 6.45) is 0. The van der Waals surface area contributed by atoms with Gasteiger partial charge < -0.3 is 10.8 Å². The summed E-state index contributed by atoms with van der Waals surface area (Å²) < 4.78 is 25.4. The molecule has 0 saturated heterocycles. The molecule has 96 valence electrons. The maximum absolute atomic E-state index is 12.2. The van der Waals surface area contributed by atoms with Crippen LogP contribution >= 0.6 is 0 Å². The third kappa shape index (κ3) is 2.77. The lowest BCUT2D eigenvalue weighted by atomic mass is 10.2. The van der Waals surface area contributed by atoms with Crippen molar-refractivity contribution < 1.29 is 13.5 Å². The number of nitrogens with two attached hydrogens (primary N) is 1. The van der Waals surface area contributed by atoms with Crippen LogP contribution < -0.4 is 5.73 Å². The quantitative estimate of drug-likeness (QED) is 0.774. The van der Waals surface area contributed by atoms with Crippen LogP contribution in [0.3, 0.4) is 0 Å². The van der Waals surface area contributed by atoms with Gasteiger partial charge >= 0.3 is 0 Å². The summed E-state index contributed by atoms with van der Waals surface area (Å²) in [6.45, 7) is 3.22. The topological polar surface area (TPSA) is 83.6 Å². The Labute approximate surface area is 102 Å². The summed E-state index contributed by atoms with van der Waals surface area (Å²) in [5, 5.41) is 8.98. The second-order valence-corrected chi connectivity index (χ2v) is 6.07. The Morgan fingerprint density at radius 1 is 1.47 bits per heavy atom. The summed E-state index contributed by atoms with van der Waals surface area (Å²) in [5.74, 6) is 0. The summed E-state index contributed by atoms with van der Waals surface area (Å²) in [5.41, 5.74) is 6.97. The summed E-state index contributed by atoms with van der Waals surface area (Å²) in [4.78, 5) is 0.142. The Morgan fingerprint density at radius 3 is 2.53 bits per heavy atom. The molecular weight excluding hydrogens is 240 g/mol. The number of likely N-dealkylation sites (N-methyl/N-ethyl adjacent to an activating group) is 1. The van der Waals surface area contributed by atoms with Gasteiger partial charge in [0.1, 0.15) is 0 Å². The van der Waals surface area contributed by atoms with E-state index in [1.54, 1.807) is 13.0 Å². The lowest BCUT2D eigenvalue weighted by Crippen LogP contribution is -2.37. The van der Waals surface area contributed by atoms with E-state index in [4.69, 9.17) is 10.8 Å². The van der Waals surface area contributed by atoms with Crippen molar-refractivity contribution in [2.24, 2.45) is 0 Å². The third-order valence-corrected chi connectivity index (χ3v) is 4.78. The van der Waals surface area contributed by atoms with Gasteiger partial charge in [-0.2, -0.15) is 4.31 Å². The minimum absolute atomic E-state index is 0.142. The first-order valence-corrected chi connectivity index (χ1v) is 6.69. The van der Waals surface area contributed by atoms with Gasteiger partial charge in [0.05, 0.1) is 11.5 Å². The average Bonchev–Trinajstić information content (AvgIpc) is 2.30. The maximum atomic E-state index is 12.2. The molecule has 5 nitrogen and oxygen atoms in total. The maximum Gasteiger partial charge on any atom is 0.243 e. The fraction of sp³-hybridized carbons (Fsp3) is 0.455. The van der Waals surface area contributed by atoms with Gasteiger partial charge in [0.25, 0.3) is 0 Å². The highest BCUT2D eigenvalue weighted by Gasteiger charge is 2.25. The SMILES string of the molecule is Cc1ccc(S(=O)(=O)N(C)C(C)CO)cc1N. The van der Waals surface area contributed by atoms with Crippen LogP contribution in [0.25, 0.3) is 0 Å². The van der Waals surface area contributed by atoms with E-state index in [9.17, 15) is 8.42 Å². The number of aliphatic hydroxyl groups is 1. The van der Waals surface area contributed by atoms with Gasteiger partial charge in [-0.3, -0.25) is 0 Å². The highest BCUT2D eigenvalue weighted by Crippen LogP contribution is 2.21. The van der Waals surface area contributed by atoms with Crippen LogP contribution in [-0.2, 0) is 10.0 Å². The van der Waals surface area contributed by atoms with Gasteiger partial charge in [0, 0.05) is 18.8 Å². The van der Waals surface area contributed by atoms with E-state index in [1.807, 2.05) is 6.92 Å². The fourth-order valence-electron chi connectivity index (χ4n) is 1.30. The smallest absolute Gasteiger partial charge is 0.243 e. The first kappa shape index (κ1) is 14.0. The molecule has 1 aromatic carbocycles. The van der Waals surface area contributed by atoms with E-state index in [2.05, 4.69) is 0 Å². The van der Waals surface area contributed by atoms with Crippen LogP contribution in [0, 0.1) is 6.92 Å². The minimum atomic E-state index is -3.60. The second kappa shape index (κ2) is 5.03. The predicted octanol–water partition coefficient (Wildman–Crippen LogP) is 0.579. The van der Waals surface area contributed by atoms with E-state index in [-0.39, 0.29) is 11.5 Å². The number of nitrogens with zero attached hydrogens (tertiary/aromatic N) is 1. The highest BCUT2D eigenvalue weighted by molar-refractivity contribution is 7.89. The zero-order valence-corrected chi connectivity index (χ0v) is 11.0. The number of sulfonamides is 1. The molecule has 6 heteroatoms. The molecule has 0 aromatic heterocycles. The Hall–Kier alpha value is -1.11. The number of rotatable bonds is 4. The number of nitrogen functional groups attached to an aromatic ring is 1. The highest BCUT2D eigenvalue weighted by atomic mass is 32.2. The zero-order valence-electron chi connectivity index (χ0n) is 10.2. The summed E-state index contributed by atoms with van der Waals surface area (Å²) in [6, 6.07) is 4.15. The molecule has 0 amide bonds. The summed E-state index contributed by atoms with van der Waals surface area (Å²) in [7, 11) is -2.16. The van der Waals surface area contributed by atoms with Crippen molar-refractivity contribution in [3.05, 3.63) is 23.8 Å². The molecule has 0 bridgehead atoms. The lowest BCUT2D eigenvalue weighted by molar-refractivity contribution is 0.214. The van der Waals surface area contributed by atoms with Crippen molar-refractivity contribution in [1.82, 2.24) is 4.31 Å². The Morgan fingerprint density at radius 2 is 2.06 bits per heavy atom. The standard InChI is InChI=1S/C11H18N2O3S/c1-8-4-5-10(6-11(8)12)17(15,16)13(3)9(2)7-14/h4-6,9,14H,7,12H2,1-3H3. The number of benzene rings is 1. The number of aliphatic hydroxyl groups excluding tert-OH is 1. The molecule has 17 heavy (non-hydrogen) atoms. The van der Waals surface area contributed by atoms with Gasteiger partial charge in [0.15, 0.2) is 0 Å². The molecule has 0 aliphatic carbocycles. The number of aryl methyl sites for hydroxylation is 1. The van der Waals surface area contributed by atoms with Crippen LogP contribution in [0.1, 0.15) is 12.5 Å². The van der Waals surface area contributed by atoms with E-state index < -0.39 is 16.1 Å². The number of hydrogen-bond acceptors (Lipinski definition) is 4.